The number of nitrogens with two attached hydrogens (primary N) is 1. The van der Waals surface area contributed by atoms with Gasteiger partial charge in [0.15, 0.2) is 0 Å². The van der Waals surface area contributed by atoms with Gasteiger partial charge in [0.1, 0.15) is 6.04 Å². The Bertz CT molecular complexity index is 382. The first-order valence-electron chi connectivity index (χ1n) is 5.85. The molecule has 0 saturated carbocycles. The Morgan fingerprint density at radius 1 is 1.47 bits per heavy atom. The van der Waals surface area contributed by atoms with Gasteiger partial charge in [0.2, 0.25) is 0 Å². The Morgan fingerprint density at radius 3 is 2.71 bits per heavy atom. The van der Waals surface area contributed by atoms with Gasteiger partial charge in [-0.1, -0.05) is 24.3 Å². The standard InChI is InChI=1S/C13H17NO3/c14-11(13(15)16)8-9-3-5-10(6-4-9)12-2-1-7-17-12/h3-6,11-12H,1-2,7-8,14H2,(H,15,16). The fraction of sp³-hybridized carbons (Fsp3) is 0.462. The molecule has 0 aromatic heterocycles. The summed E-state index contributed by atoms with van der Waals surface area (Å²) in [6.45, 7) is 0.830. The van der Waals surface area contributed by atoms with Crippen molar-refractivity contribution in [3.05, 3.63) is 35.4 Å². The monoisotopic (exact) mass is 235 g/mol. The topological polar surface area (TPSA) is 72.5 Å². The Labute approximate surface area is 100 Å². The summed E-state index contributed by atoms with van der Waals surface area (Å²) >= 11 is 0. The third kappa shape index (κ3) is 3.05. The van der Waals surface area contributed by atoms with E-state index in [-0.39, 0.29) is 6.10 Å². The van der Waals surface area contributed by atoms with Crippen LogP contribution in [0, 0.1) is 0 Å². The molecule has 1 aromatic carbocycles. The molecular weight excluding hydrogens is 218 g/mol. The van der Waals surface area contributed by atoms with Crippen LogP contribution in [0.3, 0.4) is 0 Å². The average molecular weight is 235 g/mol. The summed E-state index contributed by atoms with van der Waals surface area (Å²) in [5, 5.41) is 8.73. The third-order valence-corrected chi connectivity index (χ3v) is 3.05. The highest BCUT2D eigenvalue weighted by molar-refractivity contribution is 5.73. The van der Waals surface area contributed by atoms with E-state index >= 15 is 0 Å². The van der Waals surface area contributed by atoms with E-state index in [1.807, 2.05) is 24.3 Å². The van der Waals surface area contributed by atoms with Crippen LogP contribution < -0.4 is 5.73 Å². The van der Waals surface area contributed by atoms with Crippen molar-refractivity contribution in [3.63, 3.8) is 0 Å². The summed E-state index contributed by atoms with van der Waals surface area (Å²) in [5.74, 6) is -0.965. The van der Waals surface area contributed by atoms with Crippen molar-refractivity contribution in [1.82, 2.24) is 0 Å². The molecule has 4 heteroatoms. The predicted octanol–water partition coefficient (Wildman–Crippen LogP) is 1.49. The molecule has 0 amide bonds. The maximum atomic E-state index is 10.6. The van der Waals surface area contributed by atoms with E-state index in [2.05, 4.69) is 0 Å². The van der Waals surface area contributed by atoms with Crippen molar-refractivity contribution in [2.75, 3.05) is 6.61 Å². The molecule has 92 valence electrons. The maximum absolute atomic E-state index is 10.6. The average Bonchev–Trinajstić information content (AvgIpc) is 2.83. The van der Waals surface area contributed by atoms with Gasteiger partial charge in [0.25, 0.3) is 0 Å². The van der Waals surface area contributed by atoms with Gasteiger partial charge in [-0.2, -0.15) is 0 Å². The summed E-state index contributed by atoms with van der Waals surface area (Å²) in [6, 6.07) is 7.03. The van der Waals surface area contributed by atoms with Crippen LogP contribution in [0.4, 0.5) is 0 Å². The van der Waals surface area contributed by atoms with Gasteiger partial charge < -0.3 is 15.6 Å². The summed E-state index contributed by atoms with van der Waals surface area (Å²) < 4.78 is 5.58. The normalized spacial score (nSPS) is 21.4. The Morgan fingerprint density at radius 2 is 2.18 bits per heavy atom. The van der Waals surface area contributed by atoms with Gasteiger partial charge in [-0.15, -0.1) is 0 Å². The molecule has 0 radical (unpaired) electrons. The van der Waals surface area contributed by atoms with Crippen molar-refractivity contribution < 1.29 is 14.6 Å². The number of carboxylic acid groups (broad SMARTS) is 1. The lowest BCUT2D eigenvalue weighted by Crippen LogP contribution is -2.32. The van der Waals surface area contributed by atoms with Crippen molar-refractivity contribution in [2.45, 2.75) is 31.4 Å². The number of hydrogen-bond donors (Lipinski definition) is 2. The van der Waals surface area contributed by atoms with Crippen molar-refractivity contribution in [1.29, 1.82) is 0 Å². The van der Waals surface area contributed by atoms with E-state index in [9.17, 15) is 4.79 Å². The van der Waals surface area contributed by atoms with E-state index in [1.165, 1.54) is 0 Å². The first kappa shape index (κ1) is 12.1. The molecule has 1 aromatic rings. The molecule has 0 spiro atoms. The Balaban J connectivity index is 2.00. The number of carboxylic acids is 1. The number of aliphatic carboxylic acids is 1. The van der Waals surface area contributed by atoms with Crippen molar-refractivity contribution in [3.8, 4) is 0 Å². The van der Waals surface area contributed by atoms with Crippen molar-refractivity contribution in [2.24, 2.45) is 5.73 Å². The smallest absolute Gasteiger partial charge is 0.320 e. The minimum atomic E-state index is -0.965. The van der Waals surface area contributed by atoms with Crippen LogP contribution in [0.2, 0.25) is 0 Å². The lowest BCUT2D eigenvalue weighted by Gasteiger charge is -2.11. The largest absolute Gasteiger partial charge is 0.480 e. The van der Waals surface area contributed by atoms with Crippen LogP contribution in [0.15, 0.2) is 24.3 Å². The third-order valence-electron chi connectivity index (χ3n) is 3.05. The summed E-state index contributed by atoms with van der Waals surface area (Å²) in [7, 11) is 0. The second-order valence-corrected chi connectivity index (χ2v) is 4.39. The molecule has 0 aliphatic carbocycles. The second-order valence-electron chi connectivity index (χ2n) is 4.39. The molecular formula is C13H17NO3. The summed E-state index contributed by atoms with van der Waals surface area (Å²) in [6.07, 6.45) is 2.74. The molecule has 1 aliphatic heterocycles. The molecule has 2 rings (SSSR count). The van der Waals surface area contributed by atoms with E-state index in [4.69, 9.17) is 15.6 Å². The minimum Gasteiger partial charge on any atom is -0.480 e. The quantitative estimate of drug-likeness (QED) is 0.829. The number of hydrogen-bond acceptors (Lipinski definition) is 3. The molecule has 4 nitrogen and oxygen atoms in total. The molecule has 0 bridgehead atoms. The van der Waals surface area contributed by atoms with Crippen LogP contribution in [0.5, 0.6) is 0 Å². The van der Waals surface area contributed by atoms with E-state index < -0.39 is 12.0 Å². The Hall–Kier alpha value is -1.39. The lowest BCUT2D eigenvalue weighted by molar-refractivity contribution is -0.138. The molecule has 3 N–H and O–H groups in total. The Kier molecular flexibility index (Phi) is 3.76. The molecule has 1 fully saturated rings. The molecule has 17 heavy (non-hydrogen) atoms. The van der Waals surface area contributed by atoms with Gasteiger partial charge in [0, 0.05) is 6.61 Å². The highest BCUT2D eigenvalue weighted by Crippen LogP contribution is 2.28. The van der Waals surface area contributed by atoms with E-state index in [0.717, 1.165) is 30.6 Å². The fourth-order valence-corrected chi connectivity index (χ4v) is 2.05. The van der Waals surface area contributed by atoms with Crippen LogP contribution in [-0.4, -0.2) is 23.7 Å². The van der Waals surface area contributed by atoms with Gasteiger partial charge in [-0.25, -0.2) is 0 Å². The van der Waals surface area contributed by atoms with Crippen LogP contribution >= 0.6 is 0 Å². The number of benzene rings is 1. The van der Waals surface area contributed by atoms with Gasteiger partial charge >= 0.3 is 5.97 Å². The zero-order valence-electron chi connectivity index (χ0n) is 9.63. The SMILES string of the molecule is NC(Cc1ccc(C2CCCO2)cc1)C(=O)O. The van der Waals surface area contributed by atoms with Crippen LogP contribution in [0.1, 0.15) is 30.1 Å². The first-order chi connectivity index (χ1) is 8.16. The van der Waals surface area contributed by atoms with E-state index in [1.54, 1.807) is 0 Å². The highest BCUT2D eigenvalue weighted by Gasteiger charge is 2.17. The zero-order chi connectivity index (χ0) is 12.3. The first-order valence-corrected chi connectivity index (χ1v) is 5.85. The molecule has 1 saturated heterocycles. The molecule has 1 heterocycles. The fourth-order valence-electron chi connectivity index (χ4n) is 2.05. The molecule has 2 atom stereocenters. The van der Waals surface area contributed by atoms with E-state index in [0.29, 0.717) is 6.42 Å². The minimum absolute atomic E-state index is 0.206. The zero-order valence-corrected chi connectivity index (χ0v) is 9.63. The van der Waals surface area contributed by atoms with Gasteiger partial charge in [-0.05, 0) is 30.4 Å². The van der Waals surface area contributed by atoms with Gasteiger partial charge in [0.05, 0.1) is 6.10 Å². The maximum Gasteiger partial charge on any atom is 0.320 e. The summed E-state index contributed by atoms with van der Waals surface area (Å²) in [5.41, 5.74) is 7.59. The molecule has 2 unspecified atom stereocenters. The second kappa shape index (κ2) is 5.29. The van der Waals surface area contributed by atoms with Crippen molar-refractivity contribution >= 4 is 5.97 Å². The highest BCUT2D eigenvalue weighted by atomic mass is 16.5. The lowest BCUT2D eigenvalue weighted by atomic mass is 10.0. The number of ether oxygens (including phenoxy) is 1. The summed E-state index contributed by atoms with van der Waals surface area (Å²) in [4.78, 5) is 10.6. The molecule has 1 aliphatic rings. The van der Waals surface area contributed by atoms with Gasteiger partial charge in [-0.3, -0.25) is 4.79 Å². The number of rotatable bonds is 4. The predicted molar refractivity (Wildman–Crippen MR) is 63.7 cm³/mol. The number of carbonyl (C=O) groups is 1. The van der Waals surface area contributed by atoms with Crippen LogP contribution in [-0.2, 0) is 16.0 Å². The van der Waals surface area contributed by atoms with Crippen LogP contribution in [0.25, 0.3) is 0 Å².